The minimum absolute atomic E-state index is 0.0452. The number of unbranched alkanes of at least 4 members (excludes halogenated alkanes) is 1. The Labute approximate surface area is 190 Å². The predicted octanol–water partition coefficient (Wildman–Crippen LogP) is 4.54. The van der Waals surface area contributed by atoms with Crippen LogP contribution in [0.2, 0.25) is 10.0 Å². The molecule has 1 aromatic carbocycles. The monoisotopic (exact) mass is 495 g/mol. The minimum atomic E-state index is -4.72. The van der Waals surface area contributed by atoms with Crippen LogP contribution >= 0.6 is 35.0 Å². The number of hydrogen-bond acceptors (Lipinski definition) is 7. The number of aromatic nitrogens is 2. The van der Waals surface area contributed by atoms with Crippen LogP contribution < -0.4 is 10.7 Å². The summed E-state index contributed by atoms with van der Waals surface area (Å²) >= 11 is 12.8. The van der Waals surface area contributed by atoms with E-state index in [0.29, 0.717) is 6.54 Å². The van der Waals surface area contributed by atoms with Crippen molar-refractivity contribution >= 4 is 46.6 Å². The second-order valence-corrected chi connectivity index (χ2v) is 8.57. The molecule has 168 valence electrons. The van der Waals surface area contributed by atoms with Gasteiger partial charge in [-0.3, -0.25) is 10.2 Å². The van der Waals surface area contributed by atoms with Crippen LogP contribution in [-0.4, -0.2) is 40.3 Å². The lowest BCUT2D eigenvalue weighted by Gasteiger charge is -2.31. The Morgan fingerprint density at radius 3 is 2.65 bits per heavy atom. The Balaban J connectivity index is 1.72. The number of carbonyl (C=O) groups excluding carboxylic acids is 1. The van der Waals surface area contributed by atoms with Crippen LogP contribution in [0.5, 0.6) is 0 Å². The first-order chi connectivity index (χ1) is 14.6. The van der Waals surface area contributed by atoms with E-state index in [2.05, 4.69) is 26.0 Å². The summed E-state index contributed by atoms with van der Waals surface area (Å²) in [4.78, 5) is 11.8. The number of alkyl halides is 3. The molecule has 0 aliphatic carbocycles. The van der Waals surface area contributed by atoms with Crippen molar-refractivity contribution in [2.45, 2.75) is 43.1 Å². The maximum atomic E-state index is 14.1. The molecule has 31 heavy (non-hydrogen) atoms. The first-order valence-electron chi connectivity index (χ1n) is 9.25. The van der Waals surface area contributed by atoms with E-state index in [4.69, 9.17) is 27.6 Å². The molecule has 2 aromatic rings. The molecular weight excluding hydrogens is 478 g/mol. The molecule has 2 heterocycles. The van der Waals surface area contributed by atoms with E-state index in [1.807, 2.05) is 6.92 Å². The minimum Gasteiger partial charge on any atom is -0.410 e. The number of hydrogen-bond donors (Lipinski definition) is 2. The average molecular weight is 496 g/mol. The Morgan fingerprint density at radius 2 is 2.00 bits per heavy atom. The van der Waals surface area contributed by atoms with E-state index in [-0.39, 0.29) is 44.1 Å². The van der Waals surface area contributed by atoms with Gasteiger partial charge in [0.1, 0.15) is 5.71 Å². The van der Waals surface area contributed by atoms with Gasteiger partial charge >= 0.3 is 6.18 Å². The number of amides is 1. The highest BCUT2D eigenvalue weighted by atomic mass is 35.5. The van der Waals surface area contributed by atoms with Gasteiger partial charge in [-0.25, -0.2) is 0 Å². The van der Waals surface area contributed by atoms with Crippen LogP contribution in [0, 0.1) is 0 Å². The number of carbonyl (C=O) groups is 1. The number of hydrazone groups is 1. The van der Waals surface area contributed by atoms with Gasteiger partial charge in [-0.05, 0) is 30.2 Å². The number of thioether (sulfide) groups is 1. The molecule has 1 aromatic heterocycles. The summed E-state index contributed by atoms with van der Waals surface area (Å²) in [6.45, 7) is 2.58. The zero-order valence-electron chi connectivity index (χ0n) is 16.2. The molecule has 3 rings (SSSR count). The molecule has 13 heteroatoms. The molecule has 1 amide bonds. The Bertz CT molecular complexity index is 965. The summed E-state index contributed by atoms with van der Waals surface area (Å²) in [5.41, 5.74) is -0.635. The molecule has 7 nitrogen and oxygen atoms in total. The van der Waals surface area contributed by atoms with Gasteiger partial charge in [0.2, 0.25) is 5.91 Å². The fraction of sp³-hybridized carbons (Fsp3) is 0.444. The molecule has 2 N–H and O–H groups in total. The van der Waals surface area contributed by atoms with Gasteiger partial charge in [0.25, 0.3) is 11.1 Å². The number of nitrogens with zero attached hydrogens (tertiary/aromatic N) is 3. The Hall–Kier alpha value is -1.98. The summed E-state index contributed by atoms with van der Waals surface area (Å²) in [7, 11) is 0. The highest BCUT2D eigenvalue weighted by molar-refractivity contribution is 7.99. The lowest BCUT2D eigenvalue weighted by atomic mass is 9.85. The zero-order valence-corrected chi connectivity index (χ0v) is 18.6. The number of rotatable bonds is 8. The zero-order chi connectivity index (χ0) is 22.6. The molecule has 0 saturated carbocycles. The molecule has 0 saturated heterocycles. The summed E-state index contributed by atoms with van der Waals surface area (Å²) in [5, 5.41) is 14.3. The Kier molecular flexibility index (Phi) is 7.38. The van der Waals surface area contributed by atoms with Crippen LogP contribution in [0.1, 0.15) is 37.6 Å². The normalized spacial score (nSPS) is 18.6. The van der Waals surface area contributed by atoms with Crippen molar-refractivity contribution in [1.82, 2.24) is 20.9 Å². The van der Waals surface area contributed by atoms with E-state index >= 15 is 0 Å². The fourth-order valence-corrected chi connectivity index (χ4v) is 4.00. The van der Waals surface area contributed by atoms with Gasteiger partial charge in [-0.2, -0.15) is 18.3 Å². The van der Waals surface area contributed by atoms with Crippen LogP contribution in [0.25, 0.3) is 0 Å². The van der Waals surface area contributed by atoms with Crippen molar-refractivity contribution in [3.8, 4) is 0 Å². The molecule has 1 unspecified atom stereocenters. The van der Waals surface area contributed by atoms with Gasteiger partial charge in [0, 0.05) is 23.0 Å². The van der Waals surface area contributed by atoms with Crippen molar-refractivity contribution in [3.63, 3.8) is 0 Å². The molecule has 1 aliphatic heterocycles. The van der Waals surface area contributed by atoms with Crippen molar-refractivity contribution < 1.29 is 22.4 Å². The summed E-state index contributed by atoms with van der Waals surface area (Å²) in [6.07, 6.45) is -3.50. The first-order valence-corrected chi connectivity index (χ1v) is 11.0. The van der Waals surface area contributed by atoms with Crippen molar-refractivity contribution in [3.05, 3.63) is 39.7 Å². The van der Waals surface area contributed by atoms with E-state index in [9.17, 15) is 18.0 Å². The van der Waals surface area contributed by atoms with Crippen molar-refractivity contribution in [2.75, 3.05) is 12.3 Å². The van der Waals surface area contributed by atoms with Gasteiger partial charge < -0.3 is 9.73 Å². The van der Waals surface area contributed by atoms with Crippen LogP contribution in [0.15, 0.2) is 32.9 Å². The van der Waals surface area contributed by atoms with Crippen LogP contribution in [-0.2, 0) is 10.3 Å². The SMILES string of the molecule is CCCCNC(=O)CSc1nnc(C2=NNC(c3cc(Cl)cc(Cl)c3)(C(F)(F)F)C2)o1. The van der Waals surface area contributed by atoms with Crippen molar-refractivity contribution in [2.24, 2.45) is 5.10 Å². The Morgan fingerprint density at radius 1 is 1.29 bits per heavy atom. The topological polar surface area (TPSA) is 92.4 Å². The second kappa shape index (κ2) is 9.66. The quantitative estimate of drug-likeness (QED) is 0.412. The molecule has 0 radical (unpaired) electrons. The van der Waals surface area contributed by atoms with E-state index < -0.39 is 18.1 Å². The standard InChI is InChI=1S/C18H18Cl2F3N5O2S/c1-2-3-4-24-14(29)9-31-16-27-26-15(30-16)13-8-17(28-25-13,18(21,22)23)10-5-11(19)7-12(20)6-10/h5-7,28H,2-4,8-9H2,1H3,(H,24,29). The third-order valence-corrected chi connectivity index (χ3v) is 5.74. The average Bonchev–Trinajstić information content (AvgIpc) is 3.33. The highest BCUT2D eigenvalue weighted by Crippen LogP contribution is 2.46. The number of benzene rings is 1. The third kappa shape index (κ3) is 5.45. The van der Waals surface area contributed by atoms with Crippen molar-refractivity contribution in [1.29, 1.82) is 0 Å². The highest BCUT2D eigenvalue weighted by Gasteiger charge is 2.59. The first kappa shape index (κ1) is 23.7. The van der Waals surface area contributed by atoms with E-state index in [0.717, 1.165) is 24.6 Å². The third-order valence-electron chi connectivity index (χ3n) is 4.49. The molecule has 1 atom stereocenters. The summed E-state index contributed by atoms with van der Waals surface area (Å²) in [5.74, 6) is -0.323. The van der Waals surface area contributed by atoms with E-state index in [1.165, 1.54) is 18.2 Å². The smallest absolute Gasteiger partial charge is 0.410 e. The van der Waals surface area contributed by atoms with Crippen LogP contribution in [0.3, 0.4) is 0 Å². The predicted molar refractivity (Wildman–Crippen MR) is 111 cm³/mol. The van der Waals surface area contributed by atoms with Crippen LogP contribution in [0.4, 0.5) is 13.2 Å². The summed E-state index contributed by atoms with van der Waals surface area (Å²) in [6, 6.07) is 3.70. The number of halogens is 5. The lowest BCUT2D eigenvalue weighted by Crippen LogP contribution is -2.49. The maximum Gasteiger partial charge on any atom is 0.417 e. The van der Waals surface area contributed by atoms with Gasteiger partial charge in [-0.1, -0.05) is 48.3 Å². The molecule has 0 bridgehead atoms. The second-order valence-electron chi connectivity index (χ2n) is 6.77. The number of nitrogens with one attached hydrogen (secondary N) is 2. The van der Waals surface area contributed by atoms with Gasteiger partial charge in [0.15, 0.2) is 5.54 Å². The molecule has 0 spiro atoms. The lowest BCUT2D eigenvalue weighted by molar-refractivity contribution is -0.196. The molecule has 0 fully saturated rings. The largest absolute Gasteiger partial charge is 0.417 e. The molecular formula is C18H18Cl2F3N5O2S. The maximum absolute atomic E-state index is 14.1. The summed E-state index contributed by atoms with van der Waals surface area (Å²) < 4.78 is 47.6. The fourth-order valence-electron chi connectivity index (χ4n) is 2.88. The van der Waals surface area contributed by atoms with Gasteiger partial charge in [-0.15, -0.1) is 10.2 Å². The van der Waals surface area contributed by atoms with Gasteiger partial charge in [0.05, 0.1) is 5.75 Å². The molecule has 1 aliphatic rings. The van der Waals surface area contributed by atoms with E-state index in [1.54, 1.807) is 0 Å².